The molecule has 0 bridgehead atoms. The minimum atomic E-state index is -0.125. The molecule has 0 saturated carbocycles. The van der Waals surface area contributed by atoms with Crippen molar-refractivity contribution >= 4 is 5.97 Å². The highest BCUT2D eigenvalue weighted by Crippen LogP contribution is 2.28. The van der Waals surface area contributed by atoms with Gasteiger partial charge in [-0.25, -0.2) is 0 Å². The highest BCUT2D eigenvalue weighted by Gasteiger charge is 2.37. The third kappa shape index (κ3) is 4.57. The van der Waals surface area contributed by atoms with Crippen molar-refractivity contribution in [3.63, 3.8) is 0 Å². The van der Waals surface area contributed by atoms with Crippen LogP contribution in [-0.2, 0) is 16.0 Å². The van der Waals surface area contributed by atoms with Crippen molar-refractivity contribution in [1.82, 2.24) is 5.32 Å². The maximum Gasteiger partial charge on any atom is 0.323 e. The quantitative estimate of drug-likeness (QED) is 0.783. The molecule has 1 aliphatic rings. The maximum atomic E-state index is 12.0. The summed E-state index contributed by atoms with van der Waals surface area (Å²) >= 11 is 0. The van der Waals surface area contributed by atoms with Gasteiger partial charge in [0.1, 0.15) is 6.04 Å². The standard InChI is InChI=1S/C18H27NO2/c1-3-5-11-16-15(12-14-9-7-6-8-10-14)13-17(19-16)18(20)21-4-2/h6-10,15-17,19H,3-5,11-13H2,1-2H3/t15-,16+,17-/m0/s1. The van der Waals surface area contributed by atoms with Crippen LogP contribution in [0.5, 0.6) is 0 Å². The Morgan fingerprint density at radius 2 is 2.05 bits per heavy atom. The van der Waals surface area contributed by atoms with Crippen molar-refractivity contribution in [1.29, 1.82) is 0 Å². The number of unbranched alkanes of at least 4 members (excludes halogenated alkanes) is 1. The minimum absolute atomic E-state index is 0.0884. The molecule has 0 radical (unpaired) electrons. The fraction of sp³-hybridized carbons (Fsp3) is 0.611. The van der Waals surface area contributed by atoms with Gasteiger partial charge in [0.15, 0.2) is 0 Å². The second-order valence-electron chi connectivity index (χ2n) is 5.91. The van der Waals surface area contributed by atoms with Crippen LogP contribution in [0.15, 0.2) is 30.3 Å². The zero-order valence-electron chi connectivity index (χ0n) is 13.2. The van der Waals surface area contributed by atoms with Crippen molar-refractivity contribution < 1.29 is 9.53 Å². The lowest BCUT2D eigenvalue weighted by atomic mass is 9.89. The van der Waals surface area contributed by atoms with Gasteiger partial charge in [0, 0.05) is 6.04 Å². The topological polar surface area (TPSA) is 38.3 Å². The van der Waals surface area contributed by atoms with Gasteiger partial charge in [0.25, 0.3) is 0 Å². The van der Waals surface area contributed by atoms with Crippen molar-refractivity contribution in [3.8, 4) is 0 Å². The number of carbonyl (C=O) groups is 1. The molecule has 1 aromatic carbocycles. The molecule has 0 amide bonds. The average Bonchev–Trinajstić information content (AvgIpc) is 2.89. The van der Waals surface area contributed by atoms with Crippen LogP contribution in [0.4, 0.5) is 0 Å². The predicted molar refractivity (Wildman–Crippen MR) is 85.1 cm³/mol. The summed E-state index contributed by atoms with van der Waals surface area (Å²) < 4.78 is 5.18. The number of benzene rings is 1. The summed E-state index contributed by atoms with van der Waals surface area (Å²) in [7, 11) is 0. The smallest absolute Gasteiger partial charge is 0.323 e. The van der Waals surface area contributed by atoms with Gasteiger partial charge in [-0.2, -0.15) is 0 Å². The lowest BCUT2D eigenvalue weighted by Gasteiger charge is -2.19. The van der Waals surface area contributed by atoms with Crippen LogP contribution in [0, 0.1) is 5.92 Å². The van der Waals surface area contributed by atoms with Gasteiger partial charge < -0.3 is 10.1 Å². The van der Waals surface area contributed by atoms with Crippen molar-refractivity contribution in [2.24, 2.45) is 5.92 Å². The molecule has 0 aromatic heterocycles. The summed E-state index contributed by atoms with van der Waals surface area (Å²) in [6.07, 6.45) is 5.48. The van der Waals surface area contributed by atoms with E-state index in [9.17, 15) is 4.79 Å². The molecule has 21 heavy (non-hydrogen) atoms. The molecular formula is C18H27NO2. The molecule has 2 rings (SSSR count). The highest BCUT2D eigenvalue weighted by molar-refractivity contribution is 5.76. The van der Waals surface area contributed by atoms with E-state index in [4.69, 9.17) is 4.74 Å². The van der Waals surface area contributed by atoms with E-state index in [1.807, 2.05) is 13.0 Å². The molecule has 0 aliphatic carbocycles. The molecule has 3 atom stereocenters. The number of hydrogen-bond donors (Lipinski definition) is 1. The van der Waals surface area contributed by atoms with Gasteiger partial charge in [-0.1, -0.05) is 50.1 Å². The van der Waals surface area contributed by atoms with Crippen LogP contribution < -0.4 is 5.32 Å². The molecule has 116 valence electrons. The van der Waals surface area contributed by atoms with Crippen LogP contribution in [0.2, 0.25) is 0 Å². The van der Waals surface area contributed by atoms with E-state index in [1.54, 1.807) is 0 Å². The first kappa shape index (κ1) is 16.0. The third-order valence-electron chi connectivity index (χ3n) is 4.30. The molecule has 1 N–H and O–H groups in total. The Morgan fingerprint density at radius 1 is 1.29 bits per heavy atom. The van der Waals surface area contributed by atoms with Crippen LogP contribution >= 0.6 is 0 Å². The lowest BCUT2D eigenvalue weighted by molar-refractivity contribution is -0.145. The Bertz CT molecular complexity index is 432. The van der Waals surface area contributed by atoms with Gasteiger partial charge >= 0.3 is 5.97 Å². The first-order valence-electron chi connectivity index (χ1n) is 8.21. The zero-order chi connectivity index (χ0) is 15.1. The number of ether oxygens (including phenoxy) is 1. The van der Waals surface area contributed by atoms with E-state index in [1.165, 1.54) is 18.4 Å². The molecule has 0 unspecified atom stereocenters. The Hall–Kier alpha value is -1.35. The number of rotatable bonds is 7. The van der Waals surface area contributed by atoms with Gasteiger partial charge in [-0.05, 0) is 37.7 Å². The fourth-order valence-corrected chi connectivity index (χ4v) is 3.22. The Balaban J connectivity index is 1.99. The van der Waals surface area contributed by atoms with E-state index >= 15 is 0 Å². The molecule has 1 fully saturated rings. The van der Waals surface area contributed by atoms with E-state index in [2.05, 4.69) is 36.5 Å². The Kier molecular flexibility index (Phi) is 6.24. The van der Waals surface area contributed by atoms with E-state index in [-0.39, 0.29) is 12.0 Å². The maximum absolute atomic E-state index is 12.0. The summed E-state index contributed by atoms with van der Waals surface area (Å²) in [5.74, 6) is 0.433. The SMILES string of the molecule is CCCC[C@H]1N[C@H](C(=O)OCC)C[C@@H]1Cc1ccccc1. The highest BCUT2D eigenvalue weighted by atomic mass is 16.5. The Morgan fingerprint density at radius 3 is 2.71 bits per heavy atom. The van der Waals surface area contributed by atoms with Crippen molar-refractivity contribution in [3.05, 3.63) is 35.9 Å². The monoisotopic (exact) mass is 289 g/mol. The molecule has 3 nitrogen and oxygen atoms in total. The van der Waals surface area contributed by atoms with Gasteiger partial charge in [0.05, 0.1) is 6.61 Å². The molecular weight excluding hydrogens is 262 g/mol. The third-order valence-corrected chi connectivity index (χ3v) is 4.30. The fourth-order valence-electron chi connectivity index (χ4n) is 3.22. The zero-order valence-corrected chi connectivity index (χ0v) is 13.2. The number of esters is 1. The summed E-state index contributed by atoms with van der Waals surface area (Å²) in [6, 6.07) is 10.9. The van der Waals surface area contributed by atoms with E-state index in [0.29, 0.717) is 18.6 Å². The number of carbonyl (C=O) groups excluding carboxylic acids is 1. The van der Waals surface area contributed by atoms with Crippen molar-refractivity contribution in [2.45, 2.75) is 58.0 Å². The second kappa shape index (κ2) is 8.18. The first-order chi connectivity index (χ1) is 10.2. The largest absolute Gasteiger partial charge is 0.465 e. The van der Waals surface area contributed by atoms with Crippen LogP contribution in [-0.4, -0.2) is 24.7 Å². The van der Waals surface area contributed by atoms with Gasteiger partial charge in [-0.15, -0.1) is 0 Å². The summed E-state index contributed by atoms with van der Waals surface area (Å²) in [4.78, 5) is 12.0. The minimum Gasteiger partial charge on any atom is -0.465 e. The molecule has 0 spiro atoms. The Labute approximate surface area is 128 Å². The van der Waals surface area contributed by atoms with Crippen LogP contribution in [0.1, 0.15) is 45.1 Å². The van der Waals surface area contributed by atoms with Crippen LogP contribution in [0.25, 0.3) is 0 Å². The number of nitrogens with one attached hydrogen (secondary N) is 1. The first-order valence-corrected chi connectivity index (χ1v) is 8.21. The lowest BCUT2D eigenvalue weighted by Crippen LogP contribution is -2.37. The van der Waals surface area contributed by atoms with Gasteiger partial charge in [-0.3, -0.25) is 4.79 Å². The predicted octanol–water partition coefficient (Wildman–Crippen LogP) is 3.33. The molecule has 1 aliphatic heterocycles. The summed E-state index contributed by atoms with van der Waals surface area (Å²) in [6.45, 7) is 4.53. The van der Waals surface area contributed by atoms with Crippen LogP contribution in [0.3, 0.4) is 0 Å². The molecule has 1 aromatic rings. The van der Waals surface area contributed by atoms with E-state index in [0.717, 1.165) is 19.3 Å². The molecule has 1 saturated heterocycles. The van der Waals surface area contributed by atoms with Gasteiger partial charge in [0.2, 0.25) is 0 Å². The summed E-state index contributed by atoms with van der Waals surface area (Å²) in [5, 5.41) is 3.51. The molecule has 3 heteroatoms. The number of hydrogen-bond acceptors (Lipinski definition) is 3. The summed E-state index contributed by atoms with van der Waals surface area (Å²) in [5.41, 5.74) is 1.36. The average molecular weight is 289 g/mol. The second-order valence-corrected chi connectivity index (χ2v) is 5.91. The van der Waals surface area contributed by atoms with E-state index < -0.39 is 0 Å². The van der Waals surface area contributed by atoms with Crippen molar-refractivity contribution in [2.75, 3.05) is 6.61 Å². The molecule has 1 heterocycles. The normalized spacial score (nSPS) is 25.0.